The van der Waals surface area contributed by atoms with Crippen molar-refractivity contribution < 1.29 is 14.7 Å². The van der Waals surface area contributed by atoms with Gasteiger partial charge in [0, 0.05) is 5.92 Å². The normalized spacial score (nSPS) is 9.85. The number of aromatic nitrogens is 8. The average molecular weight is 384 g/mol. The molecule has 0 aliphatic carbocycles. The minimum absolute atomic E-state index is 0.0264. The van der Waals surface area contributed by atoms with E-state index in [1.807, 2.05) is 27.7 Å². The summed E-state index contributed by atoms with van der Waals surface area (Å²) in [5.41, 5.74) is 4.96. The summed E-state index contributed by atoms with van der Waals surface area (Å²) in [6.45, 7) is 7.73. The minimum atomic E-state index is -0.671. The van der Waals surface area contributed by atoms with Crippen molar-refractivity contribution in [1.82, 2.24) is 41.2 Å². The van der Waals surface area contributed by atoms with E-state index < -0.39 is 5.97 Å². The molecule has 0 radical (unpaired) electrons. The molecule has 27 heavy (non-hydrogen) atoms. The Labute approximate surface area is 156 Å². The van der Waals surface area contributed by atoms with Gasteiger partial charge in [0.05, 0.1) is 5.92 Å². The molecule has 2 aromatic rings. The van der Waals surface area contributed by atoms with Crippen LogP contribution in [0.1, 0.15) is 53.4 Å². The zero-order valence-electron chi connectivity index (χ0n) is 16.0. The summed E-state index contributed by atoms with van der Waals surface area (Å²) in [5.74, 6) is -0.415. The molecule has 0 aliphatic heterocycles. The number of rotatable bonds is 7. The predicted octanol–water partition coefficient (Wildman–Crippen LogP) is 0.864. The molecule has 0 atom stereocenters. The van der Waals surface area contributed by atoms with Gasteiger partial charge in [-0.1, -0.05) is 37.9 Å². The standard InChI is InChI=1S/C7H13N5O.C6H12O2.CH3N5/c1-3-5(4-2)6(13)8-7-9-11-12-10-7;1-3-5(4-2)6(7)8;2-1-3-5-6-4-1/h5H,3-4H2,1-2H3,(H2,8,9,10,11,12,13);5H,3-4H2,1-2H3,(H,7,8);(H3,2,3,4,5,6). The summed E-state index contributed by atoms with van der Waals surface area (Å²) in [7, 11) is 0. The van der Waals surface area contributed by atoms with Crippen LogP contribution in [0.2, 0.25) is 0 Å². The maximum absolute atomic E-state index is 11.4. The van der Waals surface area contributed by atoms with Gasteiger partial charge >= 0.3 is 5.97 Å². The Morgan fingerprint density at radius 3 is 1.74 bits per heavy atom. The molecular weight excluding hydrogens is 356 g/mol. The number of hydrogen-bond acceptors (Lipinski definition) is 9. The monoisotopic (exact) mass is 384 g/mol. The van der Waals surface area contributed by atoms with E-state index in [4.69, 9.17) is 10.8 Å². The molecule has 0 bridgehead atoms. The second kappa shape index (κ2) is 14.1. The summed E-state index contributed by atoms with van der Waals surface area (Å²) in [6, 6.07) is 0. The second-order valence-corrected chi connectivity index (χ2v) is 5.36. The van der Waals surface area contributed by atoms with Gasteiger partial charge in [0.1, 0.15) is 0 Å². The SMILES string of the molecule is CCC(CC)C(=O)Nc1nn[nH]n1.CCC(CC)C(=O)O.Nc1nn[nH]n1. The van der Waals surface area contributed by atoms with Crippen LogP contribution in [0.25, 0.3) is 0 Å². The number of aromatic amines is 2. The number of carboxylic acid groups (broad SMARTS) is 1. The van der Waals surface area contributed by atoms with E-state index >= 15 is 0 Å². The van der Waals surface area contributed by atoms with Gasteiger partial charge in [0.15, 0.2) is 0 Å². The summed E-state index contributed by atoms with van der Waals surface area (Å²) >= 11 is 0. The first-order valence-electron chi connectivity index (χ1n) is 8.65. The molecule has 1 amide bonds. The van der Waals surface area contributed by atoms with Crippen molar-refractivity contribution >= 4 is 23.8 Å². The largest absolute Gasteiger partial charge is 0.481 e. The molecule has 0 fully saturated rings. The molecule has 152 valence electrons. The number of amides is 1. The predicted molar refractivity (Wildman–Crippen MR) is 97.2 cm³/mol. The van der Waals surface area contributed by atoms with Crippen molar-refractivity contribution in [2.75, 3.05) is 11.1 Å². The van der Waals surface area contributed by atoms with E-state index in [1.165, 1.54) is 0 Å². The van der Waals surface area contributed by atoms with E-state index in [1.54, 1.807) is 0 Å². The molecule has 0 saturated carbocycles. The van der Waals surface area contributed by atoms with Crippen molar-refractivity contribution in [3.8, 4) is 0 Å². The number of aliphatic carboxylic acids is 1. The summed E-state index contributed by atoms with van der Waals surface area (Å²) in [6.07, 6.45) is 3.12. The zero-order chi connectivity index (χ0) is 20.7. The van der Waals surface area contributed by atoms with Gasteiger partial charge in [-0.2, -0.15) is 10.4 Å². The highest BCUT2D eigenvalue weighted by atomic mass is 16.4. The van der Waals surface area contributed by atoms with Crippen LogP contribution in [0.5, 0.6) is 0 Å². The van der Waals surface area contributed by atoms with Gasteiger partial charge in [-0.3, -0.25) is 14.9 Å². The lowest BCUT2D eigenvalue weighted by Gasteiger charge is -2.09. The quantitative estimate of drug-likeness (QED) is 0.455. The smallest absolute Gasteiger partial charge is 0.306 e. The summed E-state index contributed by atoms with van der Waals surface area (Å²) in [5, 5.41) is 35.8. The average Bonchev–Trinajstić information content (AvgIpc) is 3.32. The maximum atomic E-state index is 11.4. The molecular formula is C14H28N10O3. The molecule has 13 heteroatoms. The number of tetrazole rings is 2. The molecule has 13 nitrogen and oxygen atoms in total. The lowest BCUT2D eigenvalue weighted by atomic mass is 10.0. The van der Waals surface area contributed by atoms with Crippen molar-refractivity contribution in [2.45, 2.75) is 53.4 Å². The Hall–Kier alpha value is -3.12. The Kier molecular flexibility index (Phi) is 12.5. The van der Waals surface area contributed by atoms with E-state index in [2.05, 4.69) is 46.6 Å². The molecule has 2 aromatic heterocycles. The van der Waals surface area contributed by atoms with Crippen molar-refractivity contribution in [2.24, 2.45) is 11.8 Å². The van der Waals surface area contributed by atoms with Crippen LogP contribution in [0.4, 0.5) is 11.9 Å². The minimum Gasteiger partial charge on any atom is -0.481 e. The lowest BCUT2D eigenvalue weighted by molar-refractivity contribution is -0.141. The fourth-order valence-corrected chi connectivity index (χ4v) is 1.89. The third-order valence-electron chi connectivity index (χ3n) is 3.63. The number of carboxylic acids is 1. The molecule has 0 spiro atoms. The van der Waals surface area contributed by atoms with Crippen molar-refractivity contribution in [3.63, 3.8) is 0 Å². The first kappa shape index (κ1) is 23.9. The maximum Gasteiger partial charge on any atom is 0.306 e. The molecule has 0 aromatic carbocycles. The molecule has 0 saturated heterocycles. The lowest BCUT2D eigenvalue weighted by Crippen LogP contribution is -2.22. The topological polar surface area (TPSA) is 201 Å². The number of carbonyl (C=O) groups is 2. The molecule has 0 unspecified atom stereocenters. The number of hydrogen-bond donors (Lipinski definition) is 5. The highest BCUT2D eigenvalue weighted by Gasteiger charge is 2.15. The van der Waals surface area contributed by atoms with E-state index in [0.29, 0.717) is 0 Å². The number of H-pyrrole nitrogens is 2. The van der Waals surface area contributed by atoms with Crippen LogP contribution in [-0.2, 0) is 9.59 Å². The van der Waals surface area contributed by atoms with Crippen LogP contribution in [-0.4, -0.2) is 58.2 Å². The fourth-order valence-electron chi connectivity index (χ4n) is 1.89. The Balaban J connectivity index is 0.000000412. The highest BCUT2D eigenvalue weighted by molar-refractivity contribution is 5.90. The molecule has 6 N–H and O–H groups in total. The zero-order valence-corrected chi connectivity index (χ0v) is 16.0. The number of nitrogens with one attached hydrogen (secondary N) is 3. The van der Waals surface area contributed by atoms with Crippen LogP contribution >= 0.6 is 0 Å². The third kappa shape index (κ3) is 10.5. The molecule has 2 rings (SSSR count). The number of anilines is 2. The number of nitrogens with zero attached hydrogens (tertiary/aromatic N) is 6. The highest BCUT2D eigenvalue weighted by Crippen LogP contribution is 2.09. The van der Waals surface area contributed by atoms with E-state index in [-0.39, 0.29) is 29.6 Å². The Morgan fingerprint density at radius 2 is 1.48 bits per heavy atom. The fraction of sp³-hybridized carbons (Fsp3) is 0.714. The molecule has 2 heterocycles. The van der Waals surface area contributed by atoms with Crippen LogP contribution < -0.4 is 11.1 Å². The van der Waals surface area contributed by atoms with Crippen LogP contribution in [0.3, 0.4) is 0 Å². The van der Waals surface area contributed by atoms with Crippen molar-refractivity contribution in [3.05, 3.63) is 0 Å². The van der Waals surface area contributed by atoms with E-state index in [9.17, 15) is 9.59 Å². The Bertz CT molecular complexity index is 609. The third-order valence-corrected chi connectivity index (χ3v) is 3.63. The number of nitrogens with two attached hydrogens (primary N) is 1. The number of nitrogen functional groups attached to an aromatic ring is 1. The van der Waals surface area contributed by atoms with Crippen LogP contribution in [0.15, 0.2) is 0 Å². The molecule has 0 aliphatic rings. The van der Waals surface area contributed by atoms with Gasteiger partial charge in [-0.15, -0.1) is 10.2 Å². The van der Waals surface area contributed by atoms with Gasteiger partial charge in [0.25, 0.3) is 11.9 Å². The summed E-state index contributed by atoms with van der Waals surface area (Å²) < 4.78 is 0. The van der Waals surface area contributed by atoms with Gasteiger partial charge in [0.2, 0.25) is 5.91 Å². The first-order chi connectivity index (χ1) is 12.9. The van der Waals surface area contributed by atoms with Gasteiger partial charge in [-0.25, -0.2) is 0 Å². The first-order valence-corrected chi connectivity index (χ1v) is 8.65. The summed E-state index contributed by atoms with van der Waals surface area (Å²) in [4.78, 5) is 21.6. The Morgan fingerprint density at radius 1 is 0.963 bits per heavy atom. The number of carbonyl (C=O) groups excluding carboxylic acids is 1. The second-order valence-electron chi connectivity index (χ2n) is 5.36. The van der Waals surface area contributed by atoms with Gasteiger partial charge in [-0.05, 0) is 36.1 Å². The van der Waals surface area contributed by atoms with E-state index in [0.717, 1.165) is 25.7 Å². The van der Waals surface area contributed by atoms with Gasteiger partial charge < -0.3 is 10.8 Å². The van der Waals surface area contributed by atoms with Crippen molar-refractivity contribution in [1.29, 1.82) is 0 Å². The van der Waals surface area contributed by atoms with Crippen LogP contribution in [0, 0.1) is 11.8 Å².